The molecule has 0 atom stereocenters. The van der Waals surface area contributed by atoms with Crippen LogP contribution in [-0.4, -0.2) is 5.78 Å². The number of halogens is 1. The number of alkyl halides is 1. The minimum absolute atomic E-state index is 0.286. The lowest BCUT2D eigenvalue weighted by molar-refractivity contribution is 0.0967. The van der Waals surface area contributed by atoms with Crippen LogP contribution in [0.1, 0.15) is 42.6 Å². The monoisotopic (exact) mass is 222 g/mol. The van der Waals surface area contributed by atoms with Crippen LogP contribution in [0.2, 0.25) is 0 Å². The van der Waals surface area contributed by atoms with Gasteiger partial charge in [-0.25, -0.2) is 0 Å². The van der Waals surface area contributed by atoms with Crippen LogP contribution in [0, 0.1) is 5.92 Å². The van der Waals surface area contributed by atoms with E-state index >= 15 is 0 Å². The fraction of sp³-hybridized carbons (Fsp3) is 0.462. The molecule has 2 heteroatoms. The summed E-state index contributed by atoms with van der Waals surface area (Å²) in [6, 6.07) is 7.67. The SMILES string of the molecule is CC(C)(Cl)c1ccc(C(=O)C2CC2)cc1. The number of Topliss-reactive ketones (excluding diaryl/α,β-unsaturated/α-hetero) is 1. The number of carbonyl (C=O) groups excluding carboxylic acids is 1. The molecule has 0 heterocycles. The molecule has 1 aliphatic rings. The highest BCUT2D eigenvalue weighted by molar-refractivity contribution is 6.23. The number of carbonyl (C=O) groups is 1. The lowest BCUT2D eigenvalue weighted by atomic mass is 9.99. The number of ketones is 1. The van der Waals surface area contributed by atoms with E-state index in [1.165, 1.54) is 0 Å². The van der Waals surface area contributed by atoms with Gasteiger partial charge in [0.15, 0.2) is 5.78 Å². The first kappa shape index (κ1) is 10.7. The van der Waals surface area contributed by atoms with Crippen LogP contribution in [0.25, 0.3) is 0 Å². The van der Waals surface area contributed by atoms with Crippen LogP contribution < -0.4 is 0 Å². The predicted octanol–water partition coefficient (Wildman–Crippen LogP) is 3.75. The summed E-state index contributed by atoms with van der Waals surface area (Å²) in [4.78, 5) is 11.4. The van der Waals surface area contributed by atoms with E-state index in [0.29, 0.717) is 5.92 Å². The highest BCUT2D eigenvalue weighted by Gasteiger charge is 2.30. The molecular formula is C13H15ClO. The lowest BCUT2D eigenvalue weighted by Gasteiger charge is -2.16. The zero-order chi connectivity index (χ0) is 11.1. The maximum Gasteiger partial charge on any atom is 0.165 e. The fourth-order valence-electron chi connectivity index (χ4n) is 1.61. The molecule has 0 radical (unpaired) electrons. The molecule has 0 saturated heterocycles. The number of rotatable bonds is 3. The first-order chi connectivity index (χ1) is 6.98. The zero-order valence-corrected chi connectivity index (χ0v) is 9.84. The standard InChI is InChI=1S/C13H15ClO/c1-13(2,14)11-7-5-10(6-8-11)12(15)9-3-4-9/h5-9H,3-4H2,1-2H3. The Morgan fingerprint density at radius 2 is 1.80 bits per heavy atom. The first-order valence-corrected chi connectivity index (χ1v) is 5.70. The highest BCUT2D eigenvalue weighted by Crippen LogP contribution is 2.33. The van der Waals surface area contributed by atoms with Gasteiger partial charge in [0.25, 0.3) is 0 Å². The van der Waals surface area contributed by atoms with Gasteiger partial charge in [-0.3, -0.25) is 4.79 Å². The van der Waals surface area contributed by atoms with Crippen molar-refractivity contribution in [2.45, 2.75) is 31.6 Å². The van der Waals surface area contributed by atoms with Gasteiger partial charge in [0, 0.05) is 11.5 Å². The molecule has 1 aromatic rings. The Morgan fingerprint density at radius 3 is 2.20 bits per heavy atom. The molecule has 2 rings (SSSR count). The third-order valence-electron chi connectivity index (χ3n) is 2.80. The molecular weight excluding hydrogens is 208 g/mol. The van der Waals surface area contributed by atoms with E-state index in [-0.39, 0.29) is 10.7 Å². The smallest absolute Gasteiger partial charge is 0.165 e. The van der Waals surface area contributed by atoms with Crippen LogP contribution in [-0.2, 0) is 4.87 Å². The summed E-state index contributed by atoms with van der Waals surface area (Å²) < 4.78 is 0. The van der Waals surface area contributed by atoms with Gasteiger partial charge in [-0.2, -0.15) is 0 Å². The molecule has 1 saturated carbocycles. The summed E-state index contributed by atoms with van der Waals surface area (Å²) in [5, 5.41) is 0. The van der Waals surface area contributed by atoms with Crippen molar-refractivity contribution in [3.05, 3.63) is 35.4 Å². The van der Waals surface area contributed by atoms with E-state index in [2.05, 4.69) is 0 Å². The predicted molar refractivity (Wildman–Crippen MR) is 62.4 cm³/mol. The van der Waals surface area contributed by atoms with Gasteiger partial charge in [0.2, 0.25) is 0 Å². The van der Waals surface area contributed by atoms with E-state index in [0.717, 1.165) is 24.0 Å². The average molecular weight is 223 g/mol. The van der Waals surface area contributed by atoms with Crippen LogP contribution in [0.4, 0.5) is 0 Å². The molecule has 0 unspecified atom stereocenters. The second kappa shape index (κ2) is 3.64. The molecule has 0 N–H and O–H groups in total. The molecule has 1 aliphatic carbocycles. The minimum Gasteiger partial charge on any atom is -0.294 e. The number of hydrogen-bond donors (Lipinski definition) is 0. The van der Waals surface area contributed by atoms with E-state index in [4.69, 9.17) is 11.6 Å². The summed E-state index contributed by atoms with van der Waals surface area (Å²) in [5.41, 5.74) is 1.87. The van der Waals surface area contributed by atoms with E-state index < -0.39 is 0 Å². The van der Waals surface area contributed by atoms with E-state index in [9.17, 15) is 4.79 Å². The van der Waals surface area contributed by atoms with Crippen LogP contribution >= 0.6 is 11.6 Å². The average Bonchev–Trinajstić information content (AvgIpc) is 2.99. The molecule has 1 aromatic carbocycles. The van der Waals surface area contributed by atoms with Gasteiger partial charge in [-0.1, -0.05) is 24.3 Å². The summed E-state index contributed by atoms with van der Waals surface area (Å²) in [6.07, 6.45) is 2.11. The van der Waals surface area contributed by atoms with Gasteiger partial charge in [0.05, 0.1) is 4.87 Å². The molecule has 1 fully saturated rings. The Hall–Kier alpha value is -0.820. The molecule has 15 heavy (non-hydrogen) atoms. The van der Waals surface area contributed by atoms with Crippen molar-refractivity contribution >= 4 is 17.4 Å². The maximum absolute atomic E-state index is 11.7. The summed E-state index contributed by atoms with van der Waals surface area (Å²) in [5.74, 6) is 0.578. The van der Waals surface area contributed by atoms with Crippen molar-refractivity contribution in [3.63, 3.8) is 0 Å². The third-order valence-corrected chi connectivity index (χ3v) is 3.02. The second-order valence-corrected chi connectivity index (χ2v) is 5.63. The first-order valence-electron chi connectivity index (χ1n) is 5.32. The molecule has 1 nitrogen and oxygen atoms in total. The van der Waals surface area contributed by atoms with Crippen molar-refractivity contribution in [1.82, 2.24) is 0 Å². The van der Waals surface area contributed by atoms with Crippen LogP contribution in [0.3, 0.4) is 0 Å². The Labute approximate surface area is 95.4 Å². The number of hydrogen-bond acceptors (Lipinski definition) is 1. The maximum atomic E-state index is 11.7. The Bertz CT molecular complexity index is 369. The topological polar surface area (TPSA) is 17.1 Å². The molecule has 0 spiro atoms. The van der Waals surface area contributed by atoms with Gasteiger partial charge in [0.1, 0.15) is 0 Å². The van der Waals surface area contributed by atoms with Crippen molar-refractivity contribution < 1.29 is 4.79 Å². The van der Waals surface area contributed by atoms with E-state index in [1.54, 1.807) is 0 Å². The van der Waals surface area contributed by atoms with Crippen LogP contribution in [0.5, 0.6) is 0 Å². The van der Waals surface area contributed by atoms with Crippen molar-refractivity contribution in [2.75, 3.05) is 0 Å². The summed E-state index contributed by atoms with van der Waals surface area (Å²) in [7, 11) is 0. The normalized spacial score (nSPS) is 16.5. The quantitative estimate of drug-likeness (QED) is 0.562. The summed E-state index contributed by atoms with van der Waals surface area (Å²) >= 11 is 6.18. The Kier molecular flexibility index (Phi) is 2.59. The Balaban J connectivity index is 2.20. The molecule has 0 aromatic heterocycles. The third kappa shape index (κ3) is 2.40. The van der Waals surface area contributed by atoms with Gasteiger partial charge < -0.3 is 0 Å². The Morgan fingerprint density at radius 1 is 1.27 bits per heavy atom. The highest BCUT2D eigenvalue weighted by atomic mass is 35.5. The summed E-state index contributed by atoms with van der Waals surface area (Å²) in [6.45, 7) is 3.90. The van der Waals surface area contributed by atoms with Crippen molar-refractivity contribution in [2.24, 2.45) is 5.92 Å². The minimum atomic E-state index is -0.360. The van der Waals surface area contributed by atoms with Crippen molar-refractivity contribution in [1.29, 1.82) is 0 Å². The molecule has 0 bridgehead atoms. The number of benzene rings is 1. The van der Waals surface area contributed by atoms with Gasteiger partial charge >= 0.3 is 0 Å². The van der Waals surface area contributed by atoms with Crippen LogP contribution in [0.15, 0.2) is 24.3 Å². The largest absolute Gasteiger partial charge is 0.294 e. The molecule has 0 aliphatic heterocycles. The second-order valence-electron chi connectivity index (χ2n) is 4.69. The zero-order valence-electron chi connectivity index (χ0n) is 9.09. The van der Waals surface area contributed by atoms with Crippen molar-refractivity contribution in [3.8, 4) is 0 Å². The van der Waals surface area contributed by atoms with E-state index in [1.807, 2.05) is 38.1 Å². The fourth-order valence-corrected chi connectivity index (χ4v) is 1.74. The molecule has 0 amide bonds. The lowest BCUT2D eigenvalue weighted by Crippen LogP contribution is -2.08. The molecule has 80 valence electrons. The van der Waals surface area contributed by atoms with Gasteiger partial charge in [-0.15, -0.1) is 11.6 Å². The van der Waals surface area contributed by atoms with Gasteiger partial charge in [-0.05, 0) is 32.3 Å².